The van der Waals surface area contributed by atoms with E-state index in [4.69, 9.17) is 12.2 Å². The molecule has 3 aromatic rings. The lowest BCUT2D eigenvalue weighted by Gasteiger charge is -2.11. The first-order valence-electron chi connectivity index (χ1n) is 8.13. The summed E-state index contributed by atoms with van der Waals surface area (Å²) in [7, 11) is 0. The van der Waals surface area contributed by atoms with E-state index in [0.29, 0.717) is 22.6 Å². The number of thiocarbonyl (C=S) groups is 1. The zero-order chi connectivity index (χ0) is 19.9. The number of benzene rings is 2. The number of thioether (sulfide) groups is 1. The normalized spacial score (nSPS) is 10.4. The molecular weight excluding hydrogens is 400 g/mol. The van der Waals surface area contributed by atoms with Crippen molar-refractivity contribution in [2.24, 2.45) is 0 Å². The fourth-order valence-corrected chi connectivity index (χ4v) is 3.18. The Morgan fingerprint density at radius 1 is 1.21 bits per heavy atom. The minimum Gasteiger partial charge on any atom is -0.341 e. The van der Waals surface area contributed by atoms with E-state index in [1.165, 1.54) is 23.9 Å². The number of nitrogens with one attached hydrogen (secondary N) is 4. The zero-order valence-electron chi connectivity index (χ0n) is 14.5. The Morgan fingerprint density at radius 2 is 2.00 bits per heavy atom. The first-order valence-corrected chi connectivity index (χ1v) is 9.69. The van der Waals surface area contributed by atoms with Crippen LogP contribution in [-0.2, 0) is 10.5 Å². The predicted molar refractivity (Wildman–Crippen MR) is 113 cm³/mol. The number of aromatic nitrogens is 2. The van der Waals surface area contributed by atoms with E-state index < -0.39 is 4.92 Å². The van der Waals surface area contributed by atoms with Gasteiger partial charge in [0.2, 0.25) is 5.91 Å². The average Bonchev–Trinajstić information content (AvgIpc) is 3.09. The van der Waals surface area contributed by atoms with E-state index in [9.17, 15) is 14.9 Å². The van der Waals surface area contributed by atoms with Crippen LogP contribution < -0.4 is 16.2 Å². The van der Waals surface area contributed by atoms with Crippen molar-refractivity contribution in [3.63, 3.8) is 0 Å². The van der Waals surface area contributed by atoms with Gasteiger partial charge in [0.15, 0.2) is 5.11 Å². The summed E-state index contributed by atoms with van der Waals surface area (Å²) < 4.78 is 0. The number of carbonyl (C=O) groups excluding carboxylic acids is 1. The van der Waals surface area contributed by atoms with Gasteiger partial charge in [-0.25, -0.2) is 4.98 Å². The molecule has 28 heavy (non-hydrogen) atoms. The van der Waals surface area contributed by atoms with Crippen LogP contribution in [0.15, 0.2) is 48.5 Å². The Bertz CT molecular complexity index is 1010. The average molecular weight is 416 g/mol. The number of rotatable bonds is 6. The van der Waals surface area contributed by atoms with Crippen molar-refractivity contribution in [1.82, 2.24) is 20.8 Å². The molecule has 2 aromatic carbocycles. The third-order valence-corrected chi connectivity index (χ3v) is 4.69. The van der Waals surface area contributed by atoms with Crippen LogP contribution in [0.4, 0.5) is 11.4 Å². The van der Waals surface area contributed by atoms with Gasteiger partial charge in [0.05, 0.1) is 27.5 Å². The number of nitro groups is 1. The number of anilines is 1. The van der Waals surface area contributed by atoms with E-state index in [1.54, 1.807) is 6.07 Å². The molecule has 9 nitrogen and oxygen atoms in total. The molecule has 1 amide bonds. The second-order valence-electron chi connectivity index (χ2n) is 5.63. The van der Waals surface area contributed by atoms with E-state index in [1.807, 2.05) is 30.3 Å². The lowest BCUT2D eigenvalue weighted by atomic mass is 10.3. The second kappa shape index (κ2) is 9.15. The Morgan fingerprint density at radius 3 is 2.75 bits per heavy atom. The number of carbonyl (C=O) groups is 1. The maximum atomic E-state index is 11.9. The third kappa shape index (κ3) is 5.41. The summed E-state index contributed by atoms with van der Waals surface area (Å²) >= 11 is 6.45. The van der Waals surface area contributed by atoms with Crippen molar-refractivity contribution in [2.75, 3.05) is 11.1 Å². The predicted octanol–water partition coefficient (Wildman–Crippen LogP) is 2.72. The van der Waals surface area contributed by atoms with Crippen LogP contribution in [0.3, 0.4) is 0 Å². The van der Waals surface area contributed by atoms with E-state index >= 15 is 0 Å². The van der Waals surface area contributed by atoms with Gasteiger partial charge in [-0.2, -0.15) is 0 Å². The number of imidazole rings is 1. The molecule has 0 saturated heterocycles. The van der Waals surface area contributed by atoms with Gasteiger partial charge in [-0.3, -0.25) is 25.8 Å². The van der Waals surface area contributed by atoms with Crippen molar-refractivity contribution in [2.45, 2.75) is 5.75 Å². The summed E-state index contributed by atoms with van der Waals surface area (Å²) in [6.45, 7) is 0. The van der Waals surface area contributed by atoms with Crippen LogP contribution in [0.5, 0.6) is 0 Å². The van der Waals surface area contributed by atoms with Crippen molar-refractivity contribution in [1.29, 1.82) is 0 Å². The third-order valence-electron chi connectivity index (χ3n) is 3.54. The zero-order valence-corrected chi connectivity index (χ0v) is 16.1. The van der Waals surface area contributed by atoms with E-state index in [2.05, 4.69) is 26.1 Å². The van der Waals surface area contributed by atoms with Crippen LogP contribution in [0.25, 0.3) is 11.0 Å². The van der Waals surface area contributed by atoms with Gasteiger partial charge in [-0.15, -0.1) is 11.8 Å². The molecule has 0 saturated carbocycles. The summed E-state index contributed by atoms with van der Waals surface area (Å²) in [5.41, 5.74) is 7.20. The van der Waals surface area contributed by atoms with Gasteiger partial charge < -0.3 is 10.3 Å². The second-order valence-corrected chi connectivity index (χ2v) is 7.02. The van der Waals surface area contributed by atoms with Gasteiger partial charge in [-0.1, -0.05) is 18.2 Å². The van der Waals surface area contributed by atoms with Crippen LogP contribution in [0.1, 0.15) is 5.82 Å². The number of nitro benzene ring substituents is 1. The number of H-pyrrole nitrogens is 1. The highest BCUT2D eigenvalue weighted by atomic mass is 32.2. The summed E-state index contributed by atoms with van der Waals surface area (Å²) in [6.07, 6.45) is 0. The number of nitrogens with zero attached hydrogens (tertiary/aromatic N) is 2. The van der Waals surface area contributed by atoms with Gasteiger partial charge in [-0.05, 0) is 30.4 Å². The Hall–Kier alpha value is -3.18. The Labute approximate surface area is 169 Å². The fourth-order valence-electron chi connectivity index (χ4n) is 2.32. The van der Waals surface area contributed by atoms with Crippen LogP contribution in [0, 0.1) is 10.1 Å². The molecule has 0 spiro atoms. The summed E-state index contributed by atoms with van der Waals surface area (Å²) in [6, 6.07) is 13.8. The van der Waals surface area contributed by atoms with Crippen molar-refractivity contribution < 1.29 is 9.72 Å². The number of hydrazine groups is 1. The van der Waals surface area contributed by atoms with Crippen LogP contribution in [0.2, 0.25) is 0 Å². The SMILES string of the molecule is O=C(CSCc1nc2ccc([N+](=O)[O-])cc2[nH]1)NNC(=S)Nc1ccccc1. The molecule has 0 fully saturated rings. The molecule has 144 valence electrons. The van der Waals surface area contributed by atoms with Crippen molar-refractivity contribution in [3.8, 4) is 0 Å². The standard InChI is InChI=1S/C17H16N6O3S2/c24-16(21-22-17(27)18-11-4-2-1-3-5-11)10-28-9-15-19-13-7-6-12(23(25)26)8-14(13)20-15/h1-8H,9-10H2,(H,19,20)(H,21,24)(H2,18,22,27). The number of hydrogen-bond acceptors (Lipinski definition) is 6. The largest absolute Gasteiger partial charge is 0.341 e. The van der Waals surface area contributed by atoms with Gasteiger partial charge in [0, 0.05) is 17.8 Å². The highest BCUT2D eigenvalue weighted by molar-refractivity contribution is 7.99. The highest BCUT2D eigenvalue weighted by Crippen LogP contribution is 2.20. The number of fused-ring (bicyclic) bond motifs is 1. The van der Waals surface area contributed by atoms with E-state index in [-0.39, 0.29) is 22.5 Å². The summed E-state index contributed by atoms with van der Waals surface area (Å²) in [5, 5.41) is 14.0. The topological polar surface area (TPSA) is 125 Å². The molecule has 0 bridgehead atoms. The molecular formula is C17H16N6O3S2. The lowest BCUT2D eigenvalue weighted by Crippen LogP contribution is -2.44. The van der Waals surface area contributed by atoms with E-state index in [0.717, 1.165) is 5.69 Å². The quantitative estimate of drug-likeness (QED) is 0.275. The molecule has 4 N–H and O–H groups in total. The van der Waals surface area contributed by atoms with Gasteiger partial charge >= 0.3 is 0 Å². The number of para-hydroxylation sites is 1. The van der Waals surface area contributed by atoms with Crippen LogP contribution in [-0.4, -0.2) is 31.7 Å². The minimum atomic E-state index is -0.455. The Kier molecular flexibility index (Phi) is 6.40. The monoisotopic (exact) mass is 416 g/mol. The number of non-ortho nitro benzene ring substituents is 1. The highest BCUT2D eigenvalue weighted by Gasteiger charge is 2.10. The number of hydrogen-bond donors (Lipinski definition) is 4. The molecule has 0 aliphatic rings. The number of aromatic amines is 1. The molecule has 0 atom stereocenters. The van der Waals surface area contributed by atoms with Crippen molar-refractivity contribution in [3.05, 3.63) is 64.5 Å². The minimum absolute atomic E-state index is 0.000821. The summed E-state index contributed by atoms with van der Waals surface area (Å²) in [5.74, 6) is 1.05. The molecule has 0 aliphatic heterocycles. The molecule has 11 heteroatoms. The summed E-state index contributed by atoms with van der Waals surface area (Å²) in [4.78, 5) is 29.6. The van der Waals surface area contributed by atoms with Gasteiger partial charge in [0.1, 0.15) is 5.82 Å². The van der Waals surface area contributed by atoms with Crippen LogP contribution >= 0.6 is 24.0 Å². The molecule has 0 aliphatic carbocycles. The molecule has 1 heterocycles. The fraction of sp³-hybridized carbons (Fsp3) is 0.118. The first kappa shape index (κ1) is 19.6. The smallest absolute Gasteiger partial charge is 0.271 e. The molecule has 1 aromatic heterocycles. The molecule has 0 radical (unpaired) electrons. The van der Waals surface area contributed by atoms with Crippen molar-refractivity contribution >= 4 is 57.4 Å². The first-order chi connectivity index (χ1) is 13.5. The molecule has 0 unspecified atom stereocenters. The lowest BCUT2D eigenvalue weighted by molar-refractivity contribution is -0.384. The Balaban J connectivity index is 1.42. The van der Waals surface area contributed by atoms with Gasteiger partial charge in [0.25, 0.3) is 5.69 Å². The maximum absolute atomic E-state index is 11.9. The number of amides is 1. The molecule has 3 rings (SSSR count). The maximum Gasteiger partial charge on any atom is 0.271 e.